The number of hydrogen-bond donors (Lipinski definition) is 1. The van der Waals surface area contributed by atoms with E-state index in [4.69, 9.17) is 11.6 Å². The van der Waals surface area contributed by atoms with E-state index < -0.39 is 17.4 Å². The Hall–Kier alpha value is -3.26. The number of halogens is 3. The number of phenolic OH excluding ortho intramolecular Hbond substituents is 1. The van der Waals surface area contributed by atoms with Gasteiger partial charge in [0, 0.05) is 36.6 Å². The van der Waals surface area contributed by atoms with Gasteiger partial charge < -0.3 is 14.9 Å². The lowest BCUT2D eigenvalue weighted by Crippen LogP contribution is -2.54. The van der Waals surface area contributed by atoms with Crippen LogP contribution in [0.5, 0.6) is 5.75 Å². The summed E-state index contributed by atoms with van der Waals surface area (Å²) in [6.07, 6.45) is 2.51. The molecule has 6 nitrogen and oxygen atoms in total. The summed E-state index contributed by atoms with van der Waals surface area (Å²) in [5.74, 6) is -1.76. The van der Waals surface area contributed by atoms with Crippen LogP contribution >= 0.6 is 11.6 Å². The fraction of sp³-hybridized carbons (Fsp3) is 0.227. The Balaban J connectivity index is 1.81. The Morgan fingerprint density at radius 3 is 2.74 bits per heavy atom. The summed E-state index contributed by atoms with van der Waals surface area (Å²) in [4.78, 5) is 24.0. The van der Waals surface area contributed by atoms with Crippen molar-refractivity contribution in [3.63, 3.8) is 0 Å². The van der Waals surface area contributed by atoms with E-state index in [9.17, 15) is 14.3 Å². The number of hydrogen-bond acceptors (Lipinski definition) is 5. The van der Waals surface area contributed by atoms with E-state index in [1.807, 2.05) is 11.8 Å². The maximum Gasteiger partial charge on any atom is 0.246 e. The minimum atomic E-state index is -0.847. The third-order valence-corrected chi connectivity index (χ3v) is 5.72. The first kappa shape index (κ1) is 21.0. The van der Waals surface area contributed by atoms with Gasteiger partial charge in [-0.3, -0.25) is 4.79 Å². The highest BCUT2D eigenvalue weighted by atomic mass is 35.5. The van der Waals surface area contributed by atoms with E-state index in [1.54, 1.807) is 4.90 Å². The zero-order valence-corrected chi connectivity index (χ0v) is 17.4. The monoisotopic (exact) mass is 444 g/mol. The summed E-state index contributed by atoms with van der Waals surface area (Å²) >= 11 is 6.35. The molecular formula is C22H19ClF2N4O2. The number of amides is 1. The van der Waals surface area contributed by atoms with Crippen molar-refractivity contribution in [2.45, 2.75) is 13.0 Å². The quantitative estimate of drug-likeness (QED) is 0.614. The molecule has 9 heteroatoms. The van der Waals surface area contributed by atoms with Gasteiger partial charge >= 0.3 is 0 Å². The lowest BCUT2D eigenvalue weighted by Gasteiger charge is -2.40. The maximum absolute atomic E-state index is 15.5. The summed E-state index contributed by atoms with van der Waals surface area (Å²) in [5, 5.41) is 10.4. The van der Waals surface area contributed by atoms with Crippen molar-refractivity contribution in [2.24, 2.45) is 0 Å². The summed E-state index contributed by atoms with van der Waals surface area (Å²) in [6.45, 7) is 6.84. The van der Waals surface area contributed by atoms with E-state index in [-0.39, 0.29) is 33.6 Å². The van der Waals surface area contributed by atoms with Gasteiger partial charge in [0.05, 0.1) is 10.6 Å². The molecule has 2 heterocycles. The molecule has 4 rings (SSSR count). The molecule has 1 atom stereocenters. The predicted molar refractivity (Wildman–Crippen MR) is 115 cm³/mol. The van der Waals surface area contributed by atoms with Crippen LogP contribution in [0.15, 0.2) is 43.2 Å². The molecule has 1 N–H and O–H groups in total. The second-order valence-electron chi connectivity index (χ2n) is 7.31. The van der Waals surface area contributed by atoms with E-state index in [0.29, 0.717) is 30.8 Å². The van der Waals surface area contributed by atoms with Crippen LogP contribution in [-0.2, 0) is 4.79 Å². The van der Waals surface area contributed by atoms with Crippen LogP contribution in [0, 0.1) is 11.6 Å². The van der Waals surface area contributed by atoms with Crippen molar-refractivity contribution >= 4 is 34.2 Å². The lowest BCUT2D eigenvalue weighted by atomic mass is 10.0. The number of carbonyl (C=O) groups is 1. The SMILES string of the molecule is C=CC(=O)N1CCN(c2ncnc3c(F)c(-c4c(O)cccc4F)c(Cl)cc23)C[C@@H]1C. The molecule has 0 unspecified atom stereocenters. The molecule has 0 radical (unpaired) electrons. The molecule has 0 spiro atoms. The Morgan fingerprint density at radius 2 is 2.06 bits per heavy atom. The third-order valence-electron chi connectivity index (χ3n) is 5.43. The van der Waals surface area contributed by atoms with E-state index in [1.165, 1.54) is 30.6 Å². The van der Waals surface area contributed by atoms with Gasteiger partial charge in [-0.1, -0.05) is 24.2 Å². The van der Waals surface area contributed by atoms with Crippen molar-refractivity contribution in [2.75, 3.05) is 24.5 Å². The number of aromatic nitrogens is 2. The number of benzene rings is 2. The summed E-state index contributed by atoms with van der Waals surface area (Å²) < 4.78 is 29.9. The van der Waals surface area contributed by atoms with Gasteiger partial charge in [0.2, 0.25) is 5.91 Å². The van der Waals surface area contributed by atoms with E-state index in [2.05, 4.69) is 16.5 Å². The number of nitrogens with zero attached hydrogens (tertiary/aromatic N) is 4. The number of anilines is 1. The van der Waals surface area contributed by atoms with Crippen LogP contribution in [0.2, 0.25) is 5.02 Å². The van der Waals surface area contributed by atoms with Gasteiger partial charge in [0.25, 0.3) is 0 Å². The second-order valence-corrected chi connectivity index (χ2v) is 7.71. The highest BCUT2D eigenvalue weighted by Gasteiger charge is 2.29. The van der Waals surface area contributed by atoms with Crippen LogP contribution in [0.3, 0.4) is 0 Å². The van der Waals surface area contributed by atoms with Gasteiger partial charge in [0.1, 0.15) is 29.2 Å². The van der Waals surface area contributed by atoms with Gasteiger partial charge in [-0.15, -0.1) is 0 Å². The standard InChI is InChI=1S/C22H19ClF2N4O2/c1-3-17(31)29-8-7-28(10-12(29)2)22-13-9-14(23)18(20(25)21(13)26-11-27-22)19-15(24)5-4-6-16(19)30/h3-6,9,11-12,30H,1,7-8,10H2,2H3/t12-/m0/s1. The van der Waals surface area contributed by atoms with Crippen LogP contribution in [0.4, 0.5) is 14.6 Å². The molecule has 31 heavy (non-hydrogen) atoms. The molecule has 0 aliphatic carbocycles. The van der Waals surface area contributed by atoms with Gasteiger partial charge in [0.15, 0.2) is 5.82 Å². The van der Waals surface area contributed by atoms with Crippen molar-refractivity contribution in [1.29, 1.82) is 0 Å². The van der Waals surface area contributed by atoms with Crippen molar-refractivity contribution in [3.05, 3.63) is 59.9 Å². The average molecular weight is 445 g/mol. The Bertz CT molecular complexity index is 1180. The van der Waals surface area contributed by atoms with Crippen molar-refractivity contribution in [1.82, 2.24) is 14.9 Å². The van der Waals surface area contributed by atoms with Gasteiger partial charge in [-0.05, 0) is 31.2 Å². The van der Waals surface area contributed by atoms with Crippen molar-refractivity contribution < 1.29 is 18.7 Å². The zero-order valence-electron chi connectivity index (χ0n) is 16.6. The number of rotatable bonds is 3. The number of phenols is 1. The minimum absolute atomic E-state index is 0.0377. The van der Waals surface area contributed by atoms with Crippen LogP contribution < -0.4 is 4.90 Å². The molecule has 1 aromatic heterocycles. The molecule has 1 saturated heterocycles. The molecule has 0 saturated carbocycles. The largest absolute Gasteiger partial charge is 0.507 e. The van der Waals surface area contributed by atoms with Crippen LogP contribution in [-0.4, -0.2) is 51.6 Å². The first-order valence-corrected chi connectivity index (χ1v) is 9.99. The number of piperazine rings is 1. The first-order chi connectivity index (χ1) is 14.8. The Morgan fingerprint density at radius 1 is 1.29 bits per heavy atom. The second kappa shape index (κ2) is 8.11. The summed E-state index contributed by atoms with van der Waals surface area (Å²) in [6, 6.07) is 5.06. The highest BCUT2D eigenvalue weighted by Crippen LogP contribution is 2.42. The number of aromatic hydroxyl groups is 1. The van der Waals surface area contributed by atoms with Gasteiger partial charge in [-0.25, -0.2) is 18.7 Å². The molecule has 160 valence electrons. The summed E-state index contributed by atoms with van der Waals surface area (Å²) in [7, 11) is 0. The van der Waals surface area contributed by atoms with E-state index in [0.717, 1.165) is 6.07 Å². The molecule has 1 amide bonds. The van der Waals surface area contributed by atoms with E-state index >= 15 is 4.39 Å². The average Bonchev–Trinajstić information content (AvgIpc) is 2.74. The Labute approximate surface area is 182 Å². The topological polar surface area (TPSA) is 69.6 Å². The van der Waals surface area contributed by atoms with Gasteiger partial charge in [-0.2, -0.15) is 0 Å². The lowest BCUT2D eigenvalue weighted by molar-refractivity contribution is -0.128. The molecule has 1 fully saturated rings. The fourth-order valence-corrected chi connectivity index (χ4v) is 4.24. The molecule has 1 aliphatic heterocycles. The fourth-order valence-electron chi connectivity index (χ4n) is 3.95. The Kier molecular flexibility index (Phi) is 5.49. The minimum Gasteiger partial charge on any atom is -0.507 e. The normalized spacial score (nSPS) is 16.6. The molecule has 1 aliphatic rings. The zero-order chi connectivity index (χ0) is 22.3. The molecule has 3 aromatic rings. The number of fused-ring (bicyclic) bond motifs is 1. The van der Waals surface area contributed by atoms with Crippen LogP contribution in [0.25, 0.3) is 22.0 Å². The predicted octanol–water partition coefficient (Wildman–Crippen LogP) is 4.16. The molecule has 2 aromatic carbocycles. The molecular weight excluding hydrogens is 426 g/mol. The smallest absolute Gasteiger partial charge is 0.246 e. The van der Waals surface area contributed by atoms with Crippen LogP contribution in [0.1, 0.15) is 6.92 Å². The highest BCUT2D eigenvalue weighted by molar-refractivity contribution is 6.34. The maximum atomic E-state index is 15.5. The third kappa shape index (κ3) is 3.57. The first-order valence-electron chi connectivity index (χ1n) is 9.62. The number of carbonyl (C=O) groups excluding carboxylic acids is 1. The summed E-state index contributed by atoms with van der Waals surface area (Å²) in [5.41, 5.74) is -0.620. The van der Waals surface area contributed by atoms with Crippen molar-refractivity contribution in [3.8, 4) is 16.9 Å². The molecule has 0 bridgehead atoms.